The van der Waals surface area contributed by atoms with Gasteiger partial charge in [0.2, 0.25) is 5.89 Å². The number of rotatable bonds is 6. The number of aromatic nitrogens is 1. The van der Waals surface area contributed by atoms with E-state index in [1.54, 1.807) is 13.0 Å². The molecule has 0 atom stereocenters. The lowest BCUT2D eigenvalue weighted by Crippen LogP contribution is -2.07. The Kier molecular flexibility index (Phi) is 5.38. The second-order valence-corrected chi connectivity index (χ2v) is 6.25. The first-order valence-corrected chi connectivity index (χ1v) is 9.30. The Hall–Kier alpha value is -3.86. The van der Waals surface area contributed by atoms with Crippen LogP contribution in [0.1, 0.15) is 18.4 Å². The first kappa shape index (κ1) is 18.5. The molecule has 0 fully saturated rings. The molecule has 0 unspecified atom stereocenters. The van der Waals surface area contributed by atoms with E-state index < -0.39 is 5.97 Å². The summed E-state index contributed by atoms with van der Waals surface area (Å²) in [4.78, 5) is 16.9. The zero-order valence-corrected chi connectivity index (χ0v) is 15.9. The van der Waals surface area contributed by atoms with Gasteiger partial charge in [0.05, 0.1) is 6.61 Å². The third-order valence-corrected chi connectivity index (χ3v) is 4.19. The van der Waals surface area contributed by atoms with Crippen LogP contribution in [0.5, 0.6) is 11.5 Å². The molecule has 4 aromatic rings. The molecule has 4 rings (SSSR count). The summed E-state index contributed by atoms with van der Waals surface area (Å²) in [5, 5.41) is 0. The molecule has 0 N–H and O–H groups in total. The SMILES string of the molecule is CCOC(=O)C(=Cc1ccc(Oc2ccccc2)cc1)c1nc2ccccc2o1. The van der Waals surface area contributed by atoms with Gasteiger partial charge >= 0.3 is 5.97 Å². The Morgan fingerprint density at radius 2 is 1.62 bits per heavy atom. The molecule has 0 aliphatic carbocycles. The maximum atomic E-state index is 12.5. The highest BCUT2D eigenvalue weighted by Gasteiger charge is 2.19. The van der Waals surface area contributed by atoms with Gasteiger partial charge in [-0.3, -0.25) is 0 Å². The summed E-state index contributed by atoms with van der Waals surface area (Å²) in [7, 11) is 0. The van der Waals surface area contributed by atoms with Gasteiger partial charge in [-0.05, 0) is 55.0 Å². The van der Waals surface area contributed by atoms with E-state index in [0.29, 0.717) is 16.8 Å². The predicted octanol–water partition coefficient (Wildman–Crippen LogP) is 5.72. The van der Waals surface area contributed by atoms with E-state index in [4.69, 9.17) is 13.9 Å². The van der Waals surface area contributed by atoms with E-state index in [1.165, 1.54) is 0 Å². The zero-order chi connectivity index (χ0) is 20.1. The highest BCUT2D eigenvalue weighted by molar-refractivity contribution is 6.20. The predicted molar refractivity (Wildman–Crippen MR) is 111 cm³/mol. The van der Waals surface area contributed by atoms with Crippen LogP contribution in [-0.2, 0) is 9.53 Å². The van der Waals surface area contributed by atoms with Crippen molar-refractivity contribution in [2.24, 2.45) is 0 Å². The van der Waals surface area contributed by atoms with Gasteiger partial charge in [0.25, 0.3) is 0 Å². The van der Waals surface area contributed by atoms with Crippen LogP contribution in [0.2, 0.25) is 0 Å². The number of benzene rings is 3. The molecule has 0 bridgehead atoms. The van der Waals surface area contributed by atoms with Crippen LogP contribution in [0.25, 0.3) is 22.7 Å². The first-order chi connectivity index (χ1) is 14.2. The maximum Gasteiger partial charge on any atom is 0.343 e. The fourth-order valence-corrected chi connectivity index (χ4v) is 2.83. The molecule has 0 spiro atoms. The molecule has 0 aliphatic rings. The van der Waals surface area contributed by atoms with Crippen molar-refractivity contribution in [1.29, 1.82) is 0 Å². The second-order valence-electron chi connectivity index (χ2n) is 6.25. The van der Waals surface area contributed by atoms with E-state index >= 15 is 0 Å². The van der Waals surface area contributed by atoms with E-state index in [0.717, 1.165) is 11.3 Å². The number of carbonyl (C=O) groups excluding carboxylic acids is 1. The van der Waals surface area contributed by atoms with Gasteiger partial charge in [0.1, 0.15) is 22.6 Å². The van der Waals surface area contributed by atoms with Crippen molar-refractivity contribution < 1.29 is 18.7 Å². The second kappa shape index (κ2) is 8.44. The van der Waals surface area contributed by atoms with Crippen LogP contribution < -0.4 is 4.74 Å². The number of nitrogens with zero attached hydrogens (tertiary/aromatic N) is 1. The Balaban J connectivity index is 1.64. The van der Waals surface area contributed by atoms with Crippen LogP contribution in [0.3, 0.4) is 0 Å². The van der Waals surface area contributed by atoms with Gasteiger partial charge in [-0.15, -0.1) is 0 Å². The Bertz CT molecular complexity index is 1110. The van der Waals surface area contributed by atoms with Crippen molar-refractivity contribution in [2.45, 2.75) is 6.92 Å². The summed E-state index contributed by atoms with van der Waals surface area (Å²) in [6, 6.07) is 24.3. The van der Waals surface area contributed by atoms with E-state index in [-0.39, 0.29) is 18.1 Å². The van der Waals surface area contributed by atoms with Crippen LogP contribution in [0, 0.1) is 0 Å². The fourth-order valence-electron chi connectivity index (χ4n) is 2.83. The van der Waals surface area contributed by atoms with Crippen molar-refractivity contribution in [2.75, 3.05) is 6.61 Å². The number of carbonyl (C=O) groups is 1. The topological polar surface area (TPSA) is 61.6 Å². The summed E-state index contributed by atoms with van der Waals surface area (Å²) in [5.41, 5.74) is 2.36. The monoisotopic (exact) mass is 385 g/mol. The minimum Gasteiger partial charge on any atom is -0.462 e. The molecule has 1 heterocycles. The molecule has 5 heteroatoms. The molecule has 1 aromatic heterocycles. The highest BCUT2D eigenvalue weighted by atomic mass is 16.5. The number of oxazole rings is 1. The molecule has 3 aromatic carbocycles. The van der Waals surface area contributed by atoms with Crippen molar-refractivity contribution in [3.63, 3.8) is 0 Å². The van der Waals surface area contributed by atoms with Gasteiger partial charge in [0.15, 0.2) is 5.58 Å². The highest BCUT2D eigenvalue weighted by Crippen LogP contribution is 2.26. The van der Waals surface area contributed by atoms with E-state index in [2.05, 4.69) is 4.98 Å². The van der Waals surface area contributed by atoms with Gasteiger partial charge in [-0.1, -0.05) is 42.5 Å². The Morgan fingerprint density at radius 3 is 2.34 bits per heavy atom. The number of fused-ring (bicyclic) bond motifs is 1. The van der Waals surface area contributed by atoms with E-state index in [9.17, 15) is 4.79 Å². The summed E-state index contributed by atoms with van der Waals surface area (Å²) < 4.78 is 16.8. The van der Waals surface area contributed by atoms with Crippen molar-refractivity contribution in [1.82, 2.24) is 4.98 Å². The lowest BCUT2D eigenvalue weighted by molar-refractivity contribution is -0.136. The molecule has 0 aliphatic heterocycles. The van der Waals surface area contributed by atoms with E-state index in [1.807, 2.05) is 78.9 Å². The Labute approximate surface area is 168 Å². The van der Waals surface area contributed by atoms with Gasteiger partial charge in [0, 0.05) is 0 Å². The number of ether oxygens (including phenoxy) is 2. The third kappa shape index (κ3) is 4.35. The van der Waals surface area contributed by atoms with Gasteiger partial charge < -0.3 is 13.9 Å². The molecule has 5 nitrogen and oxygen atoms in total. The van der Waals surface area contributed by atoms with Crippen molar-refractivity contribution in [3.05, 3.63) is 90.3 Å². The summed E-state index contributed by atoms with van der Waals surface area (Å²) in [6.45, 7) is 2.03. The lowest BCUT2D eigenvalue weighted by Gasteiger charge is -2.06. The molecule has 0 saturated heterocycles. The molecule has 0 amide bonds. The molecule has 0 radical (unpaired) electrons. The van der Waals surface area contributed by atoms with Gasteiger partial charge in [-0.2, -0.15) is 0 Å². The lowest BCUT2D eigenvalue weighted by atomic mass is 10.1. The zero-order valence-electron chi connectivity index (χ0n) is 15.9. The first-order valence-electron chi connectivity index (χ1n) is 9.30. The van der Waals surface area contributed by atoms with Gasteiger partial charge in [-0.25, -0.2) is 9.78 Å². The molecular weight excluding hydrogens is 366 g/mol. The maximum absolute atomic E-state index is 12.5. The number of esters is 1. The van der Waals surface area contributed by atoms with Crippen LogP contribution >= 0.6 is 0 Å². The largest absolute Gasteiger partial charge is 0.462 e. The Morgan fingerprint density at radius 1 is 0.931 bits per heavy atom. The standard InChI is InChI=1S/C24H19NO4/c1-2-27-24(26)20(23-25-21-10-6-7-11-22(21)29-23)16-17-12-14-19(15-13-17)28-18-8-4-3-5-9-18/h3-16H,2H2,1H3. The van der Waals surface area contributed by atoms with Crippen LogP contribution in [0.4, 0.5) is 0 Å². The summed E-state index contributed by atoms with van der Waals surface area (Å²) in [6.07, 6.45) is 1.70. The number of para-hydroxylation sites is 3. The summed E-state index contributed by atoms with van der Waals surface area (Å²) >= 11 is 0. The average Bonchev–Trinajstić information content (AvgIpc) is 3.18. The van der Waals surface area contributed by atoms with Crippen molar-refractivity contribution >= 4 is 28.7 Å². The smallest absolute Gasteiger partial charge is 0.343 e. The quantitative estimate of drug-likeness (QED) is 0.314. The normalized spacial score (nSPS) is 11.4. The fraction of sp³-hybridized carbons (Fsp3) is 0.0833. The van der Waals surface area contributed by atoms with Crippen LogP contribution in [-0.4, -0.2) is 17.6 Å². The molecule has 0 saturated carbocycles. The average molecular weight is 385 g/mol. The van der Waals surface area contributed by atoms with Crippen LogP contribution in [0.15, 0.2) is 83.3 Å². The third-order valence-electron chi connectivity index (χ3n) is 4.19. The molecular formula is C24H19NO4. The van der Waals surface area contributed by atoms with Crippen molar-refractivity contribution in [3.8, 4) is 11.5 Å². The number of hydrogen-bond donors (Lipinski definition) is 0. The number of hydrogen-bond acceptors (Lipinski definition) is 5. The summed E-state index contributed by atoms with van der Waals surface area (Å²) in [5.74, 6) is 1.21. The minimum absolute atomic E-state index is 0.231. The molecule has 29 heavy (non-hydrogen) atoms. The minimum atomic E-state index is -0.483. The molecule has 144 valence electrons.